The normalized spacial score (nSPS) is 12.6. The molecule has 1 amide bonds. The number of aliphatic hydroxyl groups is 1. The highest BCUT2D eigenvalue weighted by Gasteiger charge is 2.21. The average Bonchev–Trinajstić information content (AvgIpc) is 1.98. The summed E-state index contributed by atoms with van der Waals surface area (Å²) in [5.41, 5.74) is 0. The van der Waals surface area contributed by atoms with Crippen LogP contribution < -0.4 is 0 Å². The lowest BCUT2D eigenvalue weighted by Crippen LogP contribution is -2.35. The Morgan fingerprint density at radius 3 is 2.55 bits per heavy atom. The topological polar surface area (TPSA) is 60.8 Å². The molecular weight excluding hydrogens is 153 g/mol. The molecule has 11 heavy (non-hydrogen) atoms. The van der Waals surface area contributed by atoms with E-state index in [-0.39, 0.29) is 5.12 Å². The molecule has 0 aliphatic heterocycles. The minimum Gasteiger partial charge on any atom is -0.463 e. The summed E-state index contributed by atoms with van der Waals surface area (Å²) in [5.74, 6) is 0. The Morgan fingerprint density at radius 1 is 1.73 bits per heavy atom. The van der Waals surface area contributed by atoms with Crippen LogP contribution in [0.25, 0.3) is 0 Å². The summed E-state index contributed by atoms with van der Waals surface area (Å²) in [4.78, 5) is 10.0. The Hall–Kier alpha value is -0.840. The fourth-order valence-corrected chi connectivity index (χ4v) is 0.766. The Balaban J connectivity index is 3.91. The van der Waals surface area contributed by atoms with Gasteiger partial charge in [-0.2, -0.15) is 0 Å². The van der Waals surface area contributed by atoms with Crippen LogP contribution in [-0.2, 0) is 0 Å². The Morgan fingerprint density at radius 2 is 2.27 bits per heavy atom. The summed E-state index contributed by atoms with van der Waals surface area (Å²) in [7, 11) is 0. The first-order valence-corrected chi connectivity index (χ1v) is 3.42. The fourth-order valence-electron chi connectivity index (χ4n) is 0.766. The smallest absolute Gasteiger partial charge is 0.436 e. The molecular formula is C6H12FNO3. The van der Waals surface area contributed by atoms with Crippen LogP contribution in [0.3, 0.4) is 0 Å². The number of nitrogens with zero attached hydrogens (tertiary/aromatic N) is 1. The lowest BCUT2D eigenvalue weighted by Gasteiger charge is -2.17. The van der Waals surface area contributed by atoms with Crippen LogP contribution in [0, 0.1) is 0 Å². The SMILES string of the molecule is CCCC(CO)N(F)C(=O)O. The predicted molar refractivity (Wildman–Crippen MR) is 36.8 cm³/mol. The molecule has 1 atom stereocenters. The number of amides is 1. The second kappa shape index (κ2) is 4.90. The summed E-state index contributed by atoms with van der Waals surface area (Å²) in [6.45, 7) is 1.31. The van der Waals surface area contributed by atoms with E-state index in [1.54, 1.807) is 6.92 Å². The van der Waals surface area contributed by atoms with Crippen LogP contribution >= 0.6 is 0 Å². The fraction of sp³-hybridized carbons (Fsp3) is 0.833. The van der Waals surface area contributed by atoms with Crippen LogP contribution in [0.1, 0.15) is 19.8 Å². The maximum absolute atomic E-state index is 12.5. The second-order valence-corrected chi connectivity index (χ2v) is 2.22. The van der Waals surface area contributed by atoms with Crippen molar-refractivity contribution >= 4 is 6.09 Å². The van der Waals surface area contributed by atoms with E-state index in [1.165, 1.54) is 0 Å². The second-order valence-electron chi connectivity index (χ2n) is 2.22. The first kappa shape index (κ1) is 10.2. The van der Waals surface area contributed by atoms with E-state index in [0.29, 0.717) is 12.8 Å². The molecule has 0 rings (SSSR count). The molecule has 66 valence electrons. The zero-order chi connectivity index (χ0) is 8.85. The third-order valence-electron chi connectivity index (χ3n) is 1.34. The first-order valence-electron chi connectivity index (χ1n) is 3.42. The highest BCUT2D eigenvalue weighted by atomic mass is 19.2. The van der Waals surface area contributed by atoms with E-state index in [9.17, 15) is 9.28 Å². The molecule has 0 saturated heterocycles. The molecule has 4 nitrogen and oxygen atoms in total. The lowest BCUT2D eigenvalue weighted by atomic mass is 10.2. The van der Waals surface area contributed by atoms with E-state index in [4.69, 9.17) is 10.2 Å². The molecule has 2 N–H and O–H groups in total. The third-order valence-corrected chi connectivity index (χ3v) is 1.34. The van der Waals surface area contributed by atoms with Crippen LogP contribution in [0.2, 0.25) is 0 Å². The van der Waals surface area contributed by atoms with Crippen molar-refractivity contribution in [3.63, 3.8) is 0 Å². The van der Waals surface area contributed by atoms with Gasteiger partial charge in [0, 0.05) is 0 Å². The largest absolute Gasteiger partial charge is 0.463 e. The Bertz CT molecular complexity index is 131. The maximum Gasteiger partial charge on any atom is 0.436 e. The van der Waals surface area contributed by atoms with E-state index in [0.717, 1.165) is 0 Å². The molecule has 0 aliphatic carbocycles. The molecule has 1 unspecified atom stereocenters. The highest BCUT2D eigenvalue weighted by molar-refractivity contribution is 5.63. The molecule has 0 heterocycles. The maximum atomic E-state index is 12.5. The average molecular weight is 165 g/mol. The van der Waals surface area contributed by atoms with Gasteiger partial charge in [-0.05, 0) is 6.42 Å². The lowest BCUT2D eigenvalue weighted by molar-refractivity contribution is -0.0255. The van der Waals surface area contributed by atoms with Crippen LogP contribution in [-0.4, -0.2) is 34.1 Å². The van der Waals surface area contributed by atoms with Crippen molar-refractivity contribution in [2.45, 2.75) is 25.8 Å². The zero-order valence-electron chi connectivity index (χ0n) is 6.33. The van der Waals surface area contributed by atoms with E-state index >= 15 is 0 Å². The number of carbonyl (C=O) groups is 1. The predicted octanol–water partition coefficient (Wildman–Crippen LogP) is 1.01. The standard InChI is InChI=1S/C6H12FNO3/c1-2-3-5(4-9)8(7)6(10)11/h5,9H,2-4H2,1H3,(H,10,11). The van der Waals surface area contributed by atoms with E-state index < -0.39 is 18.7 Å². The van der Waals surface area contributed by atoms with Crippen molar-refractivity contribution in [2.24, 2.45) is 0 Å². The van der Waals surface area contributed by atoms with Crippen molar-refractivity contribution in [3.05, 3.63) is 0 Å². The van der Waals surface area contributed by atoms with Gasteiger partial charge in [-0.15, -0.1) is 5.12 Å². The van der Waals surface area contributed by atoms with Crippen LogP contribution in [0.5, 0.6) is 0 Å². The van der Waals surface area contributed by atoms with Crippen LogP contribution in [0.4, 0.5) is 9.28 Å². The van der Waals surface area contributed by atoms with Gasteiger partial charge in [0.15, 0.2) is 0 Å². The molecule has 5 heteroatoms. The molecule has 0 aromatic heterocycles. The number of rotatable bonds is 4. The summed E-state index contributed by atoms with van der Waals surface area (Å²) in [5, 5.41) is 16.3. The first-order chi connectivity index (χ1) is 5.13. The molecule has 0 aromatic carbocycles. The monoisotopic (exact) mass is 165 g/mol. The molecule has 0 aliphatic rings. The molecule has 0 spiro atoms. The molecule has 0 bridgehead atoms. The van der Waals surface area contributed by atoms with E-state index in [2.05, 4.69) is 0 Å². The molecule has 0 radical (unpaired) electrons. The van der Waals surface area contributed by atoms with Gasteiger partial charge in [-0.25, -0.2) is 4.79 Å². The van der Waals surface area contributed by atoms with Crippen LogP contribution in [0.15, 0.2) is 0 Å². The van der Waals surface area contributed by atoms with Gasteiger partial charge in [-0.1, -0.05) is 17.8 Å². The molecule has 0 aromatic rings. The minimum absolute atomic E-state index is 0.333. The van der Waals surface area contributed by atoms with Gasteiger partial charge < -0.3 is 10.2 Å². The van der Waals surface area contributed by atoms with Gasteiger partial charge in [0.2, 0.25) is 0 Å². The highest BCUT2D eigenvalue weighted by Crippen LogP contribution is 2.06. The number of halogens is 1. The van der Waals surface area contributed by atoms with Gasteiger partial charge in [-0.3, -0.25) is 0 Å². The number of carboxylic acid groups (broad SMARTS) is 1. The number of hydrogen-bond acceptors (Lipinski definition) is 2. The van der Waals surface area contributed by atoms with Crippen molar-refractivity contribution in [1.82, 2.24) is 5.12 Å². The van der Waals surface area contributed by atoms with Crippen molar-refractivity contribution in [2.75, 3.05) is 6.61 Å². The summed E-state index contributed by atoms with van der Waals surface area (Å²) in [6.07, 6.45) is -0.685. The zero-order valence-corrected chi connectivity index (χ0v) is 6.33. The number of aliphatic hydroxyl groups excluding tert-OH is 1. The number of hydrogen-bond donors (Lipinski definition) is 2. The van der Waals surface area contributed by atoms with Crippen molar-refractivity contribution < 1.29 is 19.5 Å². The molecule has 0 saturated carbocycles. The van der Waals surface area contributed by atoms with Gasteiger partial charge in [0.25, 0.3) is 0 Å². The van der Waals surface area contributed by atoms with Gasteiger partial charge >= 0.3 is 6.09 Å². The Kier molecular flexibility index (Phi) is 4.52. The Labute approximate surface area is 64.2 Å². The van der Waals surface area contributed by atoms with E-state index in [1.807, 2.05) is 0 Å². The third kappa shape index (κ3) is 3.18. The minimum atomic E-state index is -1.66. The summed E-state index contributed by atoms with van der Waals surface area (Å²) < 4.78 is 12.5. The van der Waals surface area contributed by atoms with Crippen molar-refractivity contribution in [3.8, 4) is 0 Å². The molecule has 0 fully saturated rings. The van der Waals surface area contributed by atoms with Gasteiger partial charge in [0.1, 0.15) is 0 Å². The van der Waals surface area contributed by atoms with Gasteiger partial charge in [0.05, 0.1) is 12.6 Å². The quantitative estimate of drug-likeness (QED) is 0.611. The van der Waals surface area contributed by atoms with Crippen molar-refractivity contribution in [1.29, 1.82) is 0 Å². The summed E-state index contributed by atoms with van der Waals surface area (Å²) in [6, 6.07) is -0.919. The summed E-state index contributed by atoms with van der Waals surface area (Å²) >= 11 is 0.